The standard InChI is InChI=1S/C13H13ClN2O2/c1-7(14)12(17)15-9-4-5-10-11(6-9)18-13(16-10)8-2-3-8/h4-8H,2-3H2,1H3,(H,15,17). The van der Waals surface area contributed by atoms with Gasteiger partial charge in [-0.25, -0.2) is 4.98 Å². The van der Waals surface area contributed by atoms with Gasteiger partial charge in [-0.3, -0.25) is 4.79 Å². The molecular weight excluding hydrogens is 252 g/mol. The first kappa shape index (κ1) is 11.5. The van der Waals surface area contributed by atoms with Gasteiger partial charge in [0.15, 0.2) is 11.5 Å². The van der Waals surface area contributed by atoms with Crippen LogP contribution in [0.5, 0.6) is 0 Å². The highest BCUT2D eigenvalue weighted by atomic mass is 35.5. The fourth-order valence-corrected chi connectivity index (χ4v) is 1.82. The van der Waals surface area contributed by atoms with Gasteiger partial charge in [-0.1, -0.05) is 0 Å². The number of anilines is 1. The Bertz CT molecular complexity index is 602. The average molecular weight is 265 g/mol. The molecule has 1 atom stereocenters. The summed E-state index contributed by atoms with van der Waals surface area (Å²) in [7, 11) is 0. The predicted octanol–water partition coefficient (Wildman–Crippen LogP) is 3.27. The minimum atomic E-state index is -0.558. The van der Waals surface area contributed by atoms with Gasteiger partial charge in [0.05, 0.1) is 0 Å². The molecule has 1 amide bonds. The summed E-state index contributed by atoms with van der Waals surface area (Å²) in [5.74, 6) is 1.07. The van der Waals surface area contributed by atoms with Crippen LogP contribution in [0.2, 0.25) is 0 Å². The molecule has 0 radical (unpaired) electrons. The van der Waals surface area contributed by atoms with Crippen molar-refractivity contribution in [1.29, 1.82) is 0 Å². The van der Waals surface area contributed by atoms with Crippen LogP contribution in [0, 0.1) is 0 Å². The lowest BCUT2D eigenvalue weighted by Crippen LogP contribution is -2.20. The maximum atomic E-state index is 11.5. The number of aromatic nitrogens is 1. The number of amides is 1. The van der Waals surface area contributed by atoms with Crippen LogP contribution < -0.4 is 5.32 Å². The summed E-state index contributed by atoms with van der Waals surface area (Å²) in [6.45, 7) is 1.63. The van der Waals surface area contributed by atoms with Crippen molar-refractivity contribution in [2.75, 3.05) is 5.32 Å². The van der Waals surface area contributed by atoms with Gasteiger partial charge in [0.25, 0.3) is 0 Å². The molecule has 5 heteroatoms. The van der Waals surface area contributed by atoms with E-state index in [2.05, 4.69) is 10.3 Å². The van der Waals surface area contributed by atoms with E-state index in [-0.39, 0.29) is 5.91 Å². The number of benzene rings is 1. The van der Waals surface area contributed by atoms with E-state index in [0.717, 1.165) is 24.2 Å². The molecule has 3 rings (SSSR count). The van der Waals surface area contributed by atoms with E-state index >= 15 is 0 Å². The van der Waals surface area contributed by atoms with Gasteiger partial charge in [-0.15, -0.1) is 11.6 Å². The van der Waals surface area contributed by atoms with E-state index in [1.165, 1.54) is 0 Å². The first-order valence-electron chi connectivity index (χ1n) is 5.99. The van der Waals surface area contributed by atoms with Gasteiger partial charge in [-0.2, -0.15) is 0 Å². The molecule has 1 fully saturated rings. The summed E-state index contributed by atoms with van der Waals surface area (Å²) >= 11 is 5.70. The highest BCUT2D eigenvalue weighted by molar-refractivity contribution is 6.32. The monoisotopic (exact) mass is 264 g/mol. The summed E-state index contributed by atoms with van der Waals surface area (Å²) in [6.07, 6.45) is 2.31. The maximum Gasteiger partial charge on any atom is 0.242 e. The molecule has 1 aromatic carbocycles. The molecule has 0 bridgehead atoms. The highest BCUT2D eigenvalue weighted by Crippen LogP contribution is 2.40. The third-order valence-corrected chi connectivity index (χ3v) is 3.16. The van der Waals surface area contributed by atoms with Crippen LogP contribution in [-0.2, 0) is 4.79 Å². The van der Waals surface area contributed by atoms with Crippen molar-refractivity contribution in [2.45, 2.75) is 31.1 Å². The summed E-state index contributed by atoms with van der Waals surface area (Å²) in [4.78, 5) is 15.9. The zero-order chi connectivity index (χ0) is 12.7. The first-order valence-corrected chi connectivity index (χ1v) is 6.42. The van der Waals surface area contributed by atoms with Gasteiger partial charge in [0.1, 0.15) is 10.9 Å². The number of carbonyl (C=O) groups is 1. The lowest BCUT2D eigenvalue weighted by atomic mass is 10.3. The van der Waals surface area contributed by atoms with Crippen LogP contribution in [-0.4, -0.2) is 16.3 Å². The number of carbonyl (C=O) groups excluding carboxylic acids is 1. The van der Waals surface area contributed by atoms with Crippen molar-refractivity contribution in [3.05, 3.63) is 24.1 Å². The fraction of sp³-hybridized carbons (Fsp3) is 0.385. The number of rotatable bonds is 3. The Kier molecular flexibility index (Phi) is 2.74. The van der Waals surface area contributed by atoms with E-state index in [0.29, 0.717) is 17.2 Å². The van der Waals surface area contributed by atoms with Crippen LogP contribution >= 0.6 is 11.6 Å². The van der Waals surface area contributed by atoms with Crippen molar-refractivity contribution >= 4 is 34.3 Å². The van der Waals surface area contributed by atoms with Crippen molar-refractivity contribution in [3.63, 3.8) is 0 Å². The Labute approximate surface area is 109 Å². The Morgan fingerprint density at radius 2 is 2.33 bits per heavy atom. The molecule has 1 aliphatic carbocycles. The fourth-order valence-electron chi connectivity index (χ4n) is 1.77. The summed E-state index contributed by atoms with van der Waals surface area (Å²) in [5, 5.41) is 2.17. The van der Waals surface area contributed by atoms with Gasteiger partial charge < -0.3 is 9.73 Å². The number of nitrogens with zero attached hydrogens (tertiary/aromatic N) is 1. The zero-order valence-corrected chi connectivity index (χ0v) is 10.7. The molecule has 1 aromatic heterocycles. The van der Waals surface area contributed by atoms with E-state index < -0.39 is 5.38 Å². The van der Waals surface area contributed by atoms with Gasteiger partial charge in [0, 0.05) is 17.7 Å². The Morgan fingerprint density at radius 1 is 1.56 bits per heavy atom. The summed E-state index contributed by atoms with van der Waals surface area (Å²) in [6, 6.07) is 5.43. The molecule has 1 N–H and O–H groups in total. The van der Waals surface area contributed by atoms with E-state index in [4.69, 9.17) is 16.0 Å². The topological polar surface area (TPSA) is 55.1 Å². The normalized spacial score (nSPS) is 16.8. The number of hydrogen-bond donors (Lipinski definition) is 1. The van der Waals surface area contributed by atoms with Crippen LogP contribution in [0.15, 0.2) is 22.6 Å². The molecule has 0 spiro atoms. The lowest BCUT2D eigenvalue weighted by molar-refractivity contribution is -0.115. The SMILES string of the molecule is CC(Cl)C(=O)Nc1ccc2nc(C3CC3)oc2c1. The number of nitrogens with one attached hydrogen (secondary N) is 1. The Morgan fingerprint density at radius 3 is 3.00 bits per heavy atom. The van der Waals surface area contributed by atoms with Gasteiger partial charge >= 0.3 is 0 Å². The average Bonchev–Trinajstić information content (AvgIpc) is 3.09. The quantitative estimate of drug-likeness (QED) is 0.866. The number of oxazole rings is 1. The van der Waals surface area contributed by atoms with Crippen molar-refractivity contribution < 1.29 is 9.21 Å². The smallest absolute Gasteiger partial charge is 0.242 e. The molecule has 1 saturated carbocycles. The third kappa shape index (κ3) is 2.20. The Hall–Kier alpha value is -1.55. The predicted molar refractivity (Wildman–Crippen MR) is 69.9 cm³/mol. The maximum absolute atomic E-state index is 11.5. The van der Waals surface area contributed by atoms with E-state index in [9.17, 15) is 4.79 Å². The summed E-state index contributed by atoms with van der Waals surface area (Å²) < 4.78 is 5.68. The second-order valence-electron chi connectivity index (χ2n) is 4.61. The largest absolute Gasteiger partial charge is 0.440 e. The van der Waals surface area contributed by atoms with Crippen molar-refractivity contribution in [3.8, 4) is 0 Å². The van der Waals surface area contributed by atoms with Gasteiger partial charge in [-0.05, 0) is 31.9 Å². The van der Waals surface area contributed by atoms with Crippen LogP contribution in [0.25, 0.3) is 11.1 Å². The number of hydrogen-bond acceptors (Lipinski definition) is 3. The van der Waals surface area contributed by atoms with Crippen LogP contribution in [0.1, 0.15) is 31.6 Å². The zero-order valence-electron chi connectivity index (χ0n) is 9.94. The van der Waals surface area contributed by atoms with Crippen molar-refractivity contribution in [2.24, 2.45) is 0 Å². The molecule has 94 valence electrons. The lowest BCUT2D eigenvalue weighted by Gasteiger charge is -2.05. The van der Waals surface area contributed by atoms with E-state index in [1.54, 1.807) is 19.1 Å². The minimum absolute atomic E-state index is 0.224. The molecule has 4 nitrogen and oxygen atoms in total. The van der Waals surface area contributed by atoms with Gasteiger partial charge in [0.2, 0.25) is 5.91 Å². The van der Waals surface area contributed by atoms with Crippen LogP contribution in [0.4, 0.5) is 5.69 Å². The molecule has 1 aliphatic rings. The molecule has 1 heterocycles. The third-order valence-electron chi connectivity index (χ3n) is 2.96. The second kappa shape index (κ2) is 4.28. The minimum Gasteiger partial charge on any atom is -0.440 e. The number of alkyl halides is 1. The van der Waals surface area contributed by atoms with Crippen LogP contribution in [0.3, 0.4) is 0 Å². The number of fused-ring (bicyclic) bond motifs is 1. The second-order valence-corrected chi connectivity index (χ2v) is 5.27. The Balaban J connectivity index is 1.88. The molecule has 0 aliphatic heterocycles. The molecule has 2 aromatic rings. The van der Waals surface area contributed by atoms with E-state index in [1.807, 2.05) is 6.07 Å². The van der Waals surface area contributed by atoms with Crippen molar-refractivity contribution in [1.82, 2.24) is 4.98 Å². The molecule has 0 saturated heterocycles. The molecule has 1 unspecified atom stereocenters. The summed E-state index contributed by atoms with van der Waals surface area (Å²) in [5.41, 5.74) is 2.21. The molecular formula is C13H13ClN2O2. The number of halogens is 1. The first-order chi connectivity index (χ1) is 8.63. The molecule has 18 heavy (non-hydrogen) atoms. The highest BCUT2D eigenvalue weighted by Gasteiger charge is 2.28.